The lowest BCUT2D eigenvalue weighted by molar-refractivity contribution is 0.448. The predicted molar refractivity (Wildman–Crippen MR) is 125 cm³/mol. The first kappa shape index (κ1) is 17.8. The molecule has 0 saturated carbocycles. The van der Waals surface area contributed by atoms with Crippen molar-refractivity contribution >= 4 is 10.8 Å². The van der Waals surface area contributed by atoms with Crippen LogP contribution in [-0.4, -0.2) is 10.2 Å². The maximum Gasteiger partial charge on any atom is 0.120 e. The van der Waals surface area contributed by atoms with E-state index < -0.39 is 5.41 Å². The molecule has 2 N–H and O–H groups in total. The van der Waals surface area contributed by atoms with Crippen molar-refractivity contribution in [3.63, 3.8) is 0 Å². The zero-order chi connectivity index (χ0) is 21.0. The molecule has 0 amide bonds. The molecule has 0 spiro atoms. The molecular formula is C29H20O2. The molecule has 0 radical (unpaired) electrons. The molecule has 0 bridgehead atoms. The van der Waals surface area contributed by atoms with Crippen LogP contribution in [0.5, 0.6) is 11.5 Å². The fourth-order valence-corrected chi connectivity index (χ4v) is 5.37. The molecule has 0 saturated heterocycles. The van der Waals surface area contributed by atoms with Gasteiger partial charge in [0.1, 0.15) is 11.5 Å². The molecule has 148 valence electrons. The monoisotopic (exact) mass is 400 g/mol. The van der Waals surface area contributed by atoms with E-state index in [4.69, 9.17) is 0 Å². The second-order valence-electron chi connectivity index (χ2n) is 8.04. The van der Waals surface area contributed by atoms with Crippen molar-refractivity contribution in [2.45, 2.75) is 5.41 Å². The van der Waals surface area contributed by atoms with Crippen molar-refractivity contribution in [1.82, 2.24) is 0 Å². The van der Waals surface area contributed by atoms with Crippen LogP contribution in [0, 0.1) is 0 Å². The molecule has 1 aliphatic carbocycles. The first-order valence-electron chi connectivity index (χ1n) is 10.4. The number of hydrogen-bond acceptors (Lipinski definition) is 2. The Labute approximate surface area is 180 Å². The largest absolute Gasteiger partial charge is 0.508 e. The molecule has 1 aliphatic rings. The summed E-state index contributed by atoms with van der Waals surface area (Å²) in [6.07, 6.45) is 0. The minimum atomic E-state index is -0.844. The smallest absolute Gasteiger partial charge is 0.120 e. The van der Waals surface area contributed by atoms with Crippen molar-refractivity contribution < 1.29 is 10.2 Å². The number of rotatable bonds is 2. The SMILES string of the molecule is Oc1ccccc1C1(c2ccccc2O)c2ccccc2-c2ccc3ccccc3c21. The Morgan fingerprint density at radius 2 is 1.00 bits per heavy atom. The van der Waals surface area contributed by atoms with Gasteiger partial charge < -0.3 is 10.2 Å². The highest BCUT2D eigenvalue weighted by Crippen LogP contribution is 2.60. The van der Waals surface area contributed by atoms with E-state index in [1.54, 1.807) is 12.1 Å². The maximum atomic E-state index is 11.1. The van der Waals surface area contributed by atoms with E-state index in [1.807, 2.05) is 60.7 Å². The molecule has 5 aromatic rings. The van der Waals surface area contributed by atoms with Gasteiger partial charge in [-0.15, -0.1) is 0 Å². The van der Waals surface area contributed by atoms with Crippen LogP contribution in [-0.2, 0) is 5.41 Å². The van der Waals surface area contributed by atoms with Crippen LogP contribution in [0.4, 0.5) is 0 Å². The number of aromatic hydroxyl groups is 2. The first-order valence-corrected chi connectivity index (χ1v) is 10.4. The summed E-state index contributed by atoms with van der Waals surface area (Å²) >= 11 is 0. The fraction of sp³-hybridized carbons (Fsp3) is 0.0345. The zero-order valence-corrected chi connectivity index (χ0v) is 16.8. The van der Waals surface area contributed by atoms with E-state index in [1.165, 1.54) is 0 Å². The van der Waals surface area contributed by atoms with E-state index in [0.29, 0.717) is 0 Å². The van der Waals surface area contributed by atoms with Gasteiger partial charge in [0.05, 0.1) is 5.41 Å². The summed E-state index contributed by atoms with van der Waals surface area (Å²) in [5, 5.41) is 24.5. The molecule has 0 fully saturated rings. The van der Waals surface area contributed by atoms with Gasteiger partial charge in [-0.3, -0.25) is 0 Å². The summed E-state index contributed by atoms with van der Waals surface area (Å²) in [6.45, 7) is 0. The van der Waals surface area contributed by atoms with E-state index in [9.17, 15) is 10.2 Å². The second kappa shape index (κ2) is 6.48. The molecule has 0 atom stereocenters. The number of benzene rings is 5. The molecule has 0 aromatic heterocycles. The van der Waals surface area contributed by atoms with Crippen molar-refractivity contribution in [2.24, 2.45) is 0 Å². The number of phenols is 2. The van der Waals surface area contributed by atoms with Gasteiger partial charge in [0, 0.05) is 11.1 Å². The van der Waals surface area contributed by atoms with Crippen LogP contribution >= 0.6 is 0 Å². The summed E-state index contributed by atoms with van der Waals surface area (Å²) < 4.78 is 0. The topological polar surface area (TPSA) is 40.5 Å². The van der Waals surface area contributed by atoms with Crippen molar-refractivity contribution in [2.75, 3.05) is 0 Å². The lowest BCUT2D eigenvalue weighted by Crippen LogP contribution is -2.29. The lowest BCUT2D eigenvalue weighted by atomic mass is 9.66. The second-order valence-corrected chi connectivity index (χ2v) is 8.04. The third-order valence-electron chi connectivity index (χ3n) is 6.54. The fourth-order valence-electron chi connectivity index (χ4n) is 5.37. The van der Waals surface area contributed by atoms with Gasteiger partial charge in [0.15, 0.2) is 0 Å². The third-order valence-corrected chi connectivity index (χ3v) is 6.54. The highest BCUT2D eigenvalue weighted by atomic mass is 16.3. The molecule has 0 unspecified atom stereocenters. The van der Waals surface area contributed by atoms with Crippen LogP contribution in [0.3, 0.4) is 0 Å². The zero-order valence-electron chi connectivity index (χ0n) is 16.8. The van der Waals surface area contributed by atoms with Gasteiger partial charge in [-0.05, 0) is 45.2 Å². The average molecular weight is 400 g/mol. The minimum Gasteiger partial charge on any atom is -0.508 e. The van der Waals surface area contributed by atoms with E-state index in [2.05, 4.69) is 36.4 Å². The minimum absolute atomic E-state index is 0.210. The van der Waals surface area contributed by atoms with Gasteiger partial charge in [-0.1, -0.05) is 97.1 Å². The Morgan fingerprint density at radius 1 is 0.452 bits per heavy atom. The summed E-state index contributed by atoms with van der Waals surface area (Å²) in [5.41, 5.74) is 5.08. The first-order chi connectivity index (χ1) is 15.2. The third kappa shape index (κ3) is 2.27. The van der Waals surface area contributed by atoms with Crippen LogP contribution < -0.4 is 0 Å². The van der Waals surface area contributed by atoms with Gasteiger partial charge in [0.2, 0.25) is 0 Å². The molecule has 5 aromatic carbocycles. The van der Waals surface area contributed by atoms with Crippen LogP contribution in [0.1, 0.15) is 22.3 Å². The molecule has 31 heavy (non-hydrogen) atoms. The van der Waals surface area contributed by atoms with Gasteiger partial charge in [-0.25, -0.2) is 0 Å². The molecular weight excluding hydrogens is 380 g/mol. The van der Waals surface area contributed by atoms with E-state index in [-0.39, 0.29) is 11.5 Å². The Bertz CT molecular complexity index is 1420. The predicted octanol–water partition coefficient (Wildman–Crippen LogP) is 6.61. The molecule has 2 nitrogen and oxygen atoms in total. The summed E-state index contributed by atoms with van der Waals surface area (Å²) in [4.78, 5) is 0. The molecule has 0 heterocycles. The standard InChI is InChI=1S/C29H20O2/c30-26-15-7-5-13-24(26)29(25-14-6-8-16-27(25)31)23-12-4-3-11-21(23)22-18-17-19-9-1-2-10-20(19)28(22)29/h1-18,30-31H. The van der Waals surface area contributed by atoms with Gasteiger partial charge in [0.25, 0.3) is 0 Å². The number of hydrogen-bond donors (Lipinski definition) is 2. The Kier molecular flexibility index (Phi) is 3.72. The van der Waals surface area contributed by atoms with Crippen molar-refractivity contribution in [3.8, 4) is 22.6 Å². The Hall–Kier alpha value is -4.04. The van der Waals surface area contributed by atoms with Gasteiger partial charge >= 0.3 is 0 Å². The summed E-state index contributed by atoms with van der Waals surface area (Å²) in [6, 6.07) is 35.9. The maximum absolute atomic E-state index is 11.1. The van der Waals surface area contributed by atoms with Crippen LogP contribution in [0.25, 0.3) is 21.9 Å². The van der Waals surface area contributed by atoms with Crippen molar-refractivity contribution in [1.29, 1.82) is 0 Å². The quantitative estimate of drug-likeness (QED) is 0.343. The average Bonchev–Trinajstić information content (AvgIpc) is 3.11. The molecule has 6 rings (SSSR count). The number of para-hydroxylation sites is 2. The lowest BCUT2D eigenvalue weighted by Gasteiger charge is -2.35. The Morgan fingerprint density at radius 3 is 1.68 bits per heavy atom. The van der Waals surface area contributed by atoms with E-state index in [0.717, 1.165) is 44.2 Å². The van der Waals surface area contributed by atoms with Gasteiger partial charge in [-0.2, -0.15) is 0 Å². The number of phenolic OH excluding ortho intramolecular Hbond substituents is 2. The van der Waals surface area contributed by atoms with E-state index >= 15 is 0 Å². The summed E-state index contributed by atoms with van der Waals surface area (Å²) in [7, 11) is 0. The highest BCUT2D eigenvalue weighted by Gasteiger charge is 2.49. The van der Waals surface area contributed by atoms with Crippen LogP contribution in [0.15, 0.2) is 109 Å². The van der Waals surface area contributed by atoms with Crippen molar-refractivity contribution in [3.05, 3.63) is 131 Å². The molecule has 0 aliphatic heterocycles. The highest BCUT2D eigenvalue weighted by molar-refractivity contribution is 6.00. The molecule has 2 heteroatoms. The Balaban J connectivity index is 1.92. The summed E-state index contributed by atoms with van der Waals surface area (Å²) in [5.74, 6) is 0.419. The van der Waals surface area contributed by atoms with Crippen LogP contribution in [0.2, 0.25) is 0 Å². The number of fused-ring (bicyclic) bond motifs is 5. The normalized spacial score (nSPS) is 13.7.